The van der Waals surface area contributed by atoms with Gasteiger partial charge in [0, 0.05) is 23.7 Å². The van der Waals surface area contributed by atoms with Crippen LogP contribution in [0.4, 0.5) is 16.3 Å². The lowest BCUT2D eigenvalue weighted by Gasteiger charge is -2.14. The third-order valence-electron chi connectivity index (χ3n) is 4.01. The van der Waals surface area contributed by atoms with Gasteiger partial charge in [0.25, 0.3) is 0 Å². The highest BCUT2D eigenvalue weighted by molar-refractivity contribution is 5.99. The number of carbonyl (C=O) groups is 1. The Balaban J connectivity index is 1.45. The van der Waals surface area contributed by atoms with E-state index in [1.165, 1.54) is 0 Å². The standard InChI is InChI=1S/C19H25N5O3/c1-19(2,3)16-12-17(23-27-16)22-18(25)21-14-4-6-15(7-5-14)26-11-10-24-9-8-20-13-24/h4-7,12-13H,8-11H2,1-3H3,(H2,21,22,23,25). The first-order valence-electron chi connectivity index (χ1n) is 8.92. The molecule has 0 fully saturated rings. The van der Waals surface area contributed by atoms with Crippen LogP contribution in [0.1, 0.15) is 26.5 Å². The molecule has 0 atom stereocenters. The Morgan fingerprint density at radius 1 is 1.26 bits per heavy atom. The minimum Gasteiger partial charge on any atom is -0.492 e. The van der Waals surface area contributed by atoms with E-state index in [-0.39, 0.29) is 11.4 Å². The average Bonchev–Trinajstić information content (AvgIpc) is 3.28. The summed E-state index contributed by atoms with van der Waals surface area (Å²) in [6.45, 7) is 9.24. The van der Waals surface area contributed by atoms with Gasteiger partial charge in [-0.2, -0.15) is 0 Å². The number of anilines is 2. The molecule has 2 heterocycles. The zero-order valence-electron chi connectivity index (χ0n) is 15.9. The molecular weight excluding hydrogens is 346 g/mol. The monoisotopic (exact) mass is 371 g/mol. The van der Waals surface area contributed by atoms with Gasteiger partial charge in [0.15, 0.2) is 5.82 Å². The van der Waals surface area contributed by atoms with Crippen LogP contribution in [0.3, 0.4) is 0 Å². The number of ether oxygens (including phenoxy) is 1. The van der Waals surface area contributed by atoms with E-state index in [1.807, 2.05) is 39.2 Å². The van der Waals surface area contributed by atoms with Crippen LogP contribution in [-0.2, 0) is 5.41 Å². The number of nitrogens with zero attached hydrogens (tertiary/aromatic N) is 3. The van der Waals surface area contributed by atoms with Gasteiger partial charge in [-0.05, 0) is 24.3 Å². The lowest BCUT2D eigenvalue weighted by Crippen LogP contribution is -2.25. The van der Waals surface area contributed by atoms with E-state index in [0.29, 0.717) is 23.9 Å². The number of hydrogen-bond acceptors (Lipinski definition) is 6. The average molecular weight is 371 g/mol. The van der Waals surface area contributed by atoms with E-state index in [9.17, 15) is 4.79 Å². The van der Waals surface area contributed by atoms with Gasteiger partial charge < -0.3 is 19.5 Å². The fourth-order valence-corrected chi connectivity index (χ4v) is 2.47. The lowest BCUT2D eigenvalue weighted by molar-refractivity contribution is 0.261. The molecule has 1 aliphatic rings. The summed E-state index contributed by atoms with van der Waals surface area (Å²) < 4.78 is 11.0. The van der Waals surface area contributed by atoms with Gasteiger partial charge in [-0.25, -0.2) is 4.79 Å². The second kappa shape index (κ2) is 8.11. The summed E-state index contributed by atoms with van der Waals surface area (Å²) in [5.41, 5.74) is 0.493. The first-order valence-corrected chi connectivity index (χ1v) is 8.92. The summed E-state index contributed by atoms with van der Waals surface area (Å²) in [6, 6.07) is 8.56. The van der Waals surface area contributed by atoms with Crippen molar-refractivity contribution in [3.8, 4) is 5.75 Å². The Morgan fingerprint density at radius 3 is 2.67 bits per heavy atom. The van der Waals surface area contributed by atoms with E-state index in [2.05, 4.69) is 25.7 Å². The molecule has 0 saturated carbocycles. The molecule has 0 unspecified atom stereocenters. The summed E-state index contributed by atoms with van der Waals surface area (Å²) in [7, 11) is 0. The number of urea groups is 1. The topological polar surface area (TPSA) is 92.0 Å². The minimum atomic E-state index is -0.384. The molecule has 2 amide bonds. The van der Waals surface area contributed by atoms with Crippen molar-refractivity contribution in [3.05, 3.63) is 36.1 Å². The van der Waals surface area contributed by atoms with Gasteiger partial charge >= 0.3 is 6.03 Å². The quantitative estimate of drug-likeness (QED) is 0.812. The minimum absolute atomic E-state index is 0.166. The molecule has 8 nitrogen and oxygen atoms in total. The number of carbonyl (C=O) groups excluding carboxylic acids is 1. The maximum atomic E-state index is 12.1. The van der Waals surface area contributed by atoms with Crippen molar-refractivity contribution < 1.29 is 14.1 Å². The second-order valence-corrected chi connectivity index (χ2v) is 7.34. The van der Waals surface area contributed by atoms with Gasteiger partial charge in [0.1, 0.15) is 18.1 Å². The second-order valence-electron chi connectivity index (χ2n) is 7.34. The number of hydrogen-bond donors (Lipinski definition) is 2. The van der Waals surface area contributed by atoms with Crippen LogP contribution < -0.4 is 15.4 Å². The summed E-state index contributed by atoms with van der Waals surface area (Å²) in [6.07, 6.45) is 1.86. The van der Waals surface area contributed by atoms with Crippen molar-refractivity contribution in [3.63, 3.8) is 0 Å². The van der Waals surface area contributed by atoms with Gasteiger partial charge in [-0.15, -0.1) is 0 Å². The first-order chi connectivity index (χ1) is 12.9. The Kier molecular flexibility index (Phi) is 5.63. The van der Waals surface area contributed by atoms with Crippen molar-refractivity contribution in [2.75, 3.05) is 36.9 Å². The molecule has 3 rings (SSSR count). The number of aromatic nitrogens is 1. The SMILES string of the molecule is CC(C)(C)c1cc(NC(=O)Nc2ccc(OCCN3C=NCC3)cc2)no1. The Labute approximate surface area is 158 Å². The van der Waals surface area contributed by atoms with Crippen LogP contribution in [0.25, 0.3) is 0 Å². The molecule has 2 aromatic rings. The van der Waals surface area contributed by atoms with Crippen LogP contribution in [0, 0.1) is 0 Å². The molecule has 2 N–H and O–H groups in total. The van der Waals surface area contributed by atoms with Crippen molar-refractivity contribution in [2.24, 2.45) is 4.99 Å². The van der Waals surface area contributed by atoms with Crippen LogP contribution in [0.2, 0.25) is 0 Å². The molecule has 0 aliphatic carbocycles. The Morgan fingerprint density at radius 2 is 2.04 bits per heavy atom. The molecule has 144 valence electrons. The van der Waals surface area contributed by atoms with E-state index in [0.717, 1.165) is 25.4 Å². The summed E-state index contributed by atoms with van der Waals surface area (Å²) in [5.74, 6) is 1.84. The maximum Gasteiger partial charge on any atom is 0.324 e. The molecule has 8 heteroatoms. The highest BCUT2D eigenvalue weighted by Gasteiger charge is 2.20. The van der Waals surface area contributed by atoms with E-state index in [1.54, 1.807) is 18.2 Å². The highest BCUT2D eigenvalue weighted by atomic mass is 16.5. The normalized spacial score (nSPS) is 13.7. The van der Waals surface area contributed by atoms with Crippen LogP contribution in [0.5, 0.6) is 5.75 Å². The van der Waals surface area contributed by atoms with Crippen LogP contribution in [-0.4, -0.2) is 48.7 Å². The zero-order chi connectivity index (χ0) is 19.3. The van der Waals surface area contributed by atoms with Crippen molar-refractivity contribution in [1.82, 2.24) is 10.1 Å². The Hall–Kier alpha value is -3.03. The smallest absolute Gasteiger partial charge is 0.324 e. The van der Waals surface area contributed by atoms with Gasteiger partial charge in [0.05, 0.1) is 19.4 Å². The van der Waals surface area contributed by atoms with Crippen molar-refractivity contribution in [1.29, 1.82) is 0 Å². The summed E-state index contributed by atoms with van der Waals surface area (Å²) in [5, 5.41) is 9.28. The molecule has 1 aromatic carbocycles. The van der Waals surface area contributed by atoms with Gasteiger partial charge in [-0.1, -0.05) is 25.9 Å². The third-order valence-corrected chi connectivity index (χ3v) is 4.01. The molecule has 0 saturated heterocycles. The zero-order valence-corrected chi connectivity index (χ0v) is 15.9. The predicted octanol–water partition coefficient (Wildman–Crippen LogP) is 3.34. The van der Waals surface area contributed by atoms with Crippen LogP contribution >= 0.6 is 0 Å². The molecule has 0 radical (unpaired) electrons. The van der Waals surface area contributed by atoms with Crippen LogP contribution in [0.15, 0.2) is 39.8 Å². The number of rotatable bonds is 6. The van der Waals surface area contributed by atoms with Gasteiger partial charge in [0.2, 0.25) is 0 Å². The number of benzene rings is 1. The highest BCUT2D eigenvalue weighted by Crippen LogP contribution is 2.24. The molecule has 27 heavy (non-hydrogen) atoms. The molecule has 1 aromatic heterocycles. The van der Waals surface area contributed by atoms with Crippen molar-refractivity contribution >= 4 is 23.9 Å². The first kappa shape index (κ1) is 18.8. The van der Waals surface area contributed by atoms with E-state index in [4.69, 9.17) is 9.26 Å². The fraction of sp³-hybridized carbons (Fsp3) is 0.421. The Bertz CT molecular complexity index is 792. The largest absolute Gasteiger partial charge is 0.492 e. The number of nitrogens with one attached hydrogen (secondary N) is 2. The fourth-order valence-electron chi connectivity index (χ4n) is 2.47. The maximum absolute atomic E-state index is 12.1. The van der Waals surface area contributed by atoms with Crippen molar-refractivity contribution in [2.45, 2.75) is 26.2 Å². The molecule has 0 bridgehead atoms. The molecule has 1 aliphatic heterocycles. The summed E-state index contributed by atoms with van der Waals surface area (Å²) in [4.78, 5) is 18.4. The predicted molar refractivity (Wildman–Crippen MR) is 105 cm³/mol. The molecular formula is C19H25N5O3. The number of aliphatic imine (C=N–C) groups is 1. The number of amides is 2. The van der Waals surface area contributed by atoms with Gasteiger partial charge in [-0.3, -0.25) is 10.3 Å². The third kappa shape index (κ3) is 5.47. The van der Waals surface area contributed by atoms with E-state index < -0.39 is 0 Å². The summed E-state index contributed by atoms with van der Waals surface area (Å²) >= 11 is 0. The lowest BCUT2D eigenvalue weighted by atomic mass is 9.93. The molecule has 0 spiro atoms. The van der Waals surface area contributed by atoms with E-state index >= 15 is 0 Å².